The van der Waals surface area contributed by atoms with Crippen molar-refractivity contribution in [3.63, 3.8) is 0 Å². The second-order valence-electron chi connectivity index (χ2n) is 4.89. The Balaban J connectivity index is 2.11. The topological polar surface area (TPSA) is 54.8 Å². The molecule has 0 N–H and O–H groups in total. The number of hydrazone groups is 1. The van der Waals surface area contributed by atoms with Crippen LogP contribution in [0.25, 0.3) is 10.2 Å². The van der Waals surface area contributed by atoms with Gasteiger partial charge in [-0.3, -0.25) is 4.79 Å². The van der Waals surface area contributed by atoms with Crippen molar-refractivity contribution in [2.75, 3.05) is 11.6 Å². The monoisotopic (exact) mass is 355 g/mol. The van der Waals surface area contributed by atoms with Crippen molar-refractivity contribution in [2.45, 2.75) is 20.0 Å². The van der Waals surface area contributed by atoms with E-state index in [2.05, 4.69) is 10.1 Å². The third-order valence-corrected chi connectivity index (χ3v) is 4.30. The number of para-hydroxylation sites is 1. The fourth-order valence-corrected chi connectivity index (χ4v) is 3.20. The highest BCUT2D eigenvalue weighted by Gasteiger charge is 2.49. The van der Waals surface area contributed by atoms with Gasteiger partial charge >= 0.3 is 6.18 Å². The molecule has 9 heteroatoms. The van der Waals surface area contributed by atoms with E-state index in [1.165, 1.54) is 6.92 Å². The lowest BCUT2D eigenvalue weighted by Crippen LogP contribution is -2.27. The fraction of sp³-hybridized carbons (Fsp3) is 0.267. The average molecular weight is 355 g/mol. The number of nitrogens with zero attached hydrogens (tertiary/aromatic N) is 3. The van der Waals surface area contributed by atoms with Crippen LogP contribution in [0.4, 0.5) is 18.3 Å². The van der Waals surface area contributed by atoms with E-state index in [9.17, 15) is 18.0 Å². The Morgan fingerprint density at radius 2 is 2.04 bits per heavy atom. The zero-order valence-corrected chi connectivity index (χ0v) is 13.5. The van der Waals surface area contributed by atoms with Gasteiger partial charge in [0.1, 0.15) is 11.3 Å². The van der Waals surface area contributed by atoms with Gasteiger partial charge in [0.05, 0.1) is 16.8 Å². The number of hydrogen-bond acceptors (Lipinski definition) is 5. The number of ether oxygens (including phenoxy) is 1. The van der Waals surface area contributed by atoms with Crippen molar-refractivity contribution in [1.82, 2.24) is 4.98 Å². The van der Waals surface area contributed by atoms with Gasteiger partial charge in [-0.15, -0.1) is 0 Å². The molecule has 0 fully saturated rings. The number of anilines is 1. The first-order chi connectivity index (χ1) is 11.3. The average Bonchev–Trinajstić information content (AvgIpc) is 3.07. The molecule has 2 heterocycles. The minimum atomic E-state index is -4.77. The molecule has 1 aliphatic rings. The second-order valence-corrected chi connectivity index (χ2v) is 5.90. The van der Waals surface area contributed by atoms with Crippen molar-refractivity contribution < 1.29 is 22.7 Å². The largest absolute Gasteiger partial charge is 0.498 e. The van der Waals surface area contributed by atoms with Gasteiger partial charge in [-0.25, -0.2) is 4.98 Å². The molecule has 2 aromatic rings. The summed E-state index contributed by atoms with van der Waals surface area (Å²) in [6.07, 6.45) is -4.77. The predicted molar refractivity (Wildman–Crippen MR) is 84.9 cm³/mol. The Labute approximate surface area is 139 Å². The zero-order chi connectivity index (χ0) is 17.5. The van der Waals surface area contributed by atoms with Crippen molar-refractivity contribution >= 4 is 38.3 Å². The molecule has 1 aromatic heterocycles. The summed E-state index contributed by atoms with van der Waals surface area (Å²) in [6, 6.07) is 7.03. The Bertz CT molecular complexity index is 837. The van der Waals surface area contributed by atoms with E-state index >= 15 is 0 Å². The molecule has 24 heavy (non-hydrogen) atoms. The number of halogens is 3. The van der Waals surface area contributed by atoms with Crippen LogP contribution >= 0.6 is 11.3 Å². The van der Waals surface area contributed by atoms with Crippen LogP contribution in [0.3, 0.4) is 0 Å². The predicted octanol–water partition coefficient (Wildman–Crippen LogP) is 3.87. The third kappa shape index (κ3) is 2.75. The Morgan fingerprint density at radius 1 is 1.33 bits per heavy atom. The minimum absolute atomic E-state index is 0.0854. The van der Waals surface area contributed by atoms with Gasteiger partial charge in [-0.1, -0.05) is 23.5 Å². The first-order valence-corrected chi connectivity index (χ1v) is 7.84. The summed E-state index contributed by atoms with van der Waals surface area (Å²) in [5.41, 5.74) is -1.26. The molecule has 1 aromatic carbocycles. The molecule has 0 saturated carbocycles. The van der Waals surface area contributed by atoms with Gasteiger partial charge < -0.3 is 4.74 Å². The minimum Gasteiger partial charge on any atom is -0.498 e. The number of allylic oxidation sites excluding steroid dienone is 1. The number of thiazole rings is 1. The Kier molecular flexibility index (Phi) is 4.04. The molecule has 0 saturated heterocycles. The van der Waals surface area contributed by atoms with Crippen molar-refractivity contribution in [2.24, 2.45) is 5.10 Å². The Hall–Kier alpha value is -2.42. The summed E-state index contributed by atoms with van der Waals surface area (Å²) in [7, 11) is 0. The van der Waals surface area contributed by atoms with Crippen LogP contribution in [0.5, 0.6) is 0 Å². The first-order valence-electron chi connectivity index (χ1n) is 7.02. The van der Waals surface area contributed by atoms with Gasteiger partial charge in [0, 0.05) is 0 Å². The van der Waals surface area contributed by atoms with Crippen LogP contribution in [0, 0.1) is 0 Å². The quantitative estimate of drug-likeness (QED) is 0.620. The summed E-state index contributed by atoms with van der Waals surface area (Å²) in [5.74, 6) is -1.01. The lowest BCUT2D eigenvalue weighted by molar-refractivity contribution is -0.114. The number of carbonyl (C=O) groups excluding carboxylic acids is 1. The molecule has 0 aliphatic carbocycles. The molecule has 3 rings (SSSR count). The van der Waals surface area contributed by atoms with Gasteiger partial charge in [0.25, 0.3) is 5.91 Å². The Morgan fingerprint density at radius 3 is 2.67 bits per heavy atom. The van der Waals surface area contributed by atoms with Crippen LogP contribution in [0.15, 0.2) is 40.7 Å². The van der Waals surface area contributed by atoms with Crippen LogP contribution in [-0.4, -0.2) is 29.4 Å². The highest BCUT2D eigenvalue weighted by molar-refractivity contribution is 7.22. The molecule has 1 aliphatic heterocycles. The van der Waals surface area contributed by atoms with E-state index in [-0.39, 0.29) is 17.5 Å². The second kappa shape index (κ2) is 5.90. The van der Waals surface area contributed by atoms with Crippen molar-refractivity contribution in [3.05, 3.63) is 35.6 Å². The van der Waals surface area contributed by atoms with Gasteiger partial charge in [-0.05, 0) is 26.0 Å². The summed E-state index contributed by atoms with van der Waals surface area (Å²) >= 11 is 1.09. The maximum absolute atomic E-state index is 13.3. The molecule has 0 bridgehead atoms. The summed E-state index contributed by atoms with van der Waals surface area (Å²) in [5, 5.41) is 4.25. The van der Waals surface area contributed by atoms with E-state index in [4.69, 9.17) is 4.74 Å². The van der Waals surface area contributed by atoms with Gasteiger partial charge in [0.15, 0.2) is 5.71 Å². The number of carbonyl (C=O) groups is 1. The number of fused-ring (bicyclic) bond motifs is 1. The molecule has 1 amide bonds. The standard InChI is InChI=1S/C15H12F3N3O2S/c1-3-23-8(2)11-12(15(16,17)18)20-21(13(11)22)14-19-9-6-4-5-7-10(9)24-14/h4-7H,3H2,1-2H3/b11-8-. The van der Waals surface area contributed by atoms with Crippen LogP contribution in [-0.2, 0) is 9.53 Å². The fourth-order valence-electron chi connectivity index (χ4n) is 2.29. The molecule has 0 radical (unpaired) electrons. The van der Waals surface area contributed by atoms with Gasteiger partial charge in [-0.2, -0.15) is 23.3 Å². The first kappa shape index (κ1) is 16.4. The lowest BCUT2D eigenvalue weighted by Gasteiger charge is -2.10. The van der Waals surface area contributed by atoms with E-state index in [1.807, 2.05) is 0 Å². The van der Waals surface area contributed by atoms with Gasteiger partial charge in [0.2, 0.25) is 5.13 Å². The molecular formula is C15H12F3N3O2S. The summed E-state index contributed by atoms with van der Waals surface area (Å²) < 4.78 is 45.6. The molecular weight excluding hydrogens is 343 g/mol. The number of rotatable bonds is 3. The lowest BCUT2D eigenvalue weighted by atomic mass is 10.1. The summed E-state index contributed by atoms with van der Waals surface area (Å²) in [6.45, 7) is 3.09. The smallest absolute Gasteiger partial charge is 0.436 e. The molecule has 5 nitrogen and oxygen atoms in total. The van der Waals surface area contributed by atoms with E-state index in [1.54, 1.807) is 31.2 Å². The molecule has 126 valence electrons. The molecule has 0 atom stereocenters. The maximum atomic E-state index is 13.3. The summed E-state index contributed by atoms with van der Waals surface area (Å²) in [4.78, 5) is 16.7. The molecule has 0 unspecified atom stereocenters. The zero-order valence-electron chi connectivity index (χ0n) is 12.7. The third-order valence-electron chi connectivity index (χ3n) is 3.29. The number of benzene rings is 1. The SMILES string of the molecule is CCO/C(C)=C1\C(=O)N(c2nc3ccccc3s2)N=C1C(F)(F)F. The van der Waals surface area contributed by atoms with Crippen molar-refractivity contribution in [1.29, 1.82) is 0 Å². The number of amides is 1. The maximum Gasteiger partial charge on any atom is 0.436 e. The number of aromatic nitrogens is 1. The van der Waals surface area contributed by atoms with Crippen LogP contribution in [0.2, 0.25) is 0 Å². The van der Waals surface area contributed by atoms with Crippen LogP contribution in [0.1, 0.15) is 13.8 Å². The molecule has 0 spiro atoms. The normalized spacial score (nSPS) is 17.5. The van der Waals surface area contributed by atoms with Crippen molar-refractivity contribution in [3.8, 4) is 0 Å². The van der Waals surface area contributed by atoms with Crippen LogP contribution < -0.4 is 5.01 Å². The highest BCUT2D eigenvalue weighted by Crippen LogP contribution is 2.36. The van der Waals surface area contributed by atoms with E-state index in [0.717, 1.165) is 16.0 Å². The highest BCUT2D eigenvalue weighted by atomic mass is 32.1. The number of alkyl halides is 3. The van der Waals surface area contributed by atoms with E-state index < -0.39 is 23.4 Å². The van der Waals surface area contributed by atoms with E-state index in [0.29, 0.717) is 10.5 Å². The number of hydrogen-bond donors (Lipinski definition) is 0.